The molecule has 0 spiro atoms. The Morgan fingerprint density at radius 2 is 2.17 bits per heavy atom. The average Bonchev–Trinajstić information content (AvgIpc) is 2.65. The molecule has 0 saturated carbocycles. The Hall–Kier alpha value is -1.97. The van der Waals surface area contributed by atoms with Crippen LogP contribution in [0.5, 0.6) is 0 Å². The first kappa shape index (κ1) is 12.5. The molecule has 2 aromatic rings. The third-order valence-electron chi connectivity index (χ3n) is 2.63. The van der Waals surface area contributed by atoms with E-state index in [0.29, 0.717) is 17.5 Å². The fourth-order valence-corrected chi connectivity index (χ4v) is 1.83. The predicted octanol–water partition coefficient (Wildman–Crippen LogP) is 3.65. The van der Waals surface area contributed by atoms with Gasteiger partial charge in [-0.15, -0.1) is 0 Å². The largest absolute Gasteiger partial charge is 0.292 e. The quantitative estimate of drug-likeness (QED) is 0.775. The van der Waals surface area contributed by atoms with Crippen molar-refractivity contribution < 1.29 is 9.18 Å². The summed E-state index contributed by atoms with van der Waals surface area (Å²) < 4.78 is 14.9. The molecule has 4 heteroatoms. The number of ketones is 1. The lowest BCUT2D eigenvalue weighted by atomic mass is 10.1. The second-order valence-electron chi connectivity index (χ2n) is 4.44. The lowest BCUT2D eigenvalue weighted by molar-refractivity contribution is 0.0984. The molecule has 1 heterocycles. The number of allylic oxidation sites excluding steroid dienone is 1. The van der Waals surface area contributed by atoms with Crippen LogP contribution in [-0.4, -0.2) is 15.6 Å². The lowest BCUT2D eigenvalue weighted by Gasteiger charge is -1.96. The normalized spacial score (nSPS) is 10.7. The molecule has 0 atom stereocenters. The van der Waals surface area contributed by atoms with Crippen LogP contribution in [-0.2, 0) is 0 Å². The molecule has 3 nitrogen and oxygen atoms in total. The highest BCUT2D eigenvalue weighted by atomic mass is 19.1. The van der Waals surface area contributed by atoms with Crippen molar-refractivity contribution in [2.45, 2.75) is 27.2 Å². The fourth-order valence-electron chi connectivity index (χ4n) is 1.83. The van der Waals surface area contributed by atoms with Crippen molar-refractivity contribution in [2.24, 2.45) is 0 Å². The molecule has 0 aliphatic rings. The Labute approximate surface area is 105 Å². The molecule has 2 rings (SSSR count). The zero-order valence-corrected chi connectivity index (χ0v) is 10.7. The topological polar surface area (TPSA) is 34.9 Å². The smallest absolute Gasteiger partial charge is 0.183 e. The lowest BCUT2D eigenvalue weighted by Crippen LogP contribution is -1.99. The zero-order valence-electron chi connectivity index (χ0n) is 10.7. The van der Waals surface area contributed by atoms with Crippen molar-refractivity contribution in [1.29, 1.82) is 0 Å². The Bertz CT molecular complexity index is 637. The van der Waals surface area contributed by atoms with Gasteiger partial charge in [0.05, 0.1) is 5.52 Å². The summed E-state index contributed by atoms with van der Waals surface area (Å²) in [6, 6.07) is 4.38. The van der Waals surface area contributed by atoms with Gasteiger partial charge in [0.15, 0.2) is 5.78 Å². The number of fused-ring (bicyclic) bond motifs is 1. The minimum Gasteiger partial charge on any atom is -0.292 e. The third kappa shape index (κ3) is 2.18. The molecule has 0 fully saturated rings. The van der Waals surface area contributed by atoms with E-state index in [1.54, 1.807) is 17.7 Å². The maximum atomic E-state index is 13.3. The number of halogens is 1. The minimum absolute atomic E-state index is 0.0773. The van der Waals surface area contributed by atoms with Crippen LogP contribution in [0.2, 0.25) is 0 Å². The SMILES string of the molecule is CCC(=O)c1nn(C=C(C)C)c2ccc(F)cc12. The van der Waals surface area contributed by atoms with Gasteiger partial charge >= 0.3 is 0 Å². The van der Waals surface area contributed by atoms with Crippen LogP contribution >= 0.6 is 0 Å². The summed E-state index contributed by atoms with van der Waals surface area (Å²) in [5.74, 6) is -0.434. The standard InChI is InChI=1S/C14H15FN2O/c1-4-13(18)14-11-7-10(15)5-6-12(11)17(16-14)8-9(2)3/h5-8H,4H2,1-3H3. The molecule has 0 radical (unpaired) electrons. The average molecular weight is 246 g/mol. The number of hydrogen-bond donors (Lipinski definition) is 0. The first-order valence-corrected chi connectivity index (χ1v) is 5.89. The van der Waals surface area contributed by atoms with Crippen molar-refractivity contribution in [3.8, 4) is 0 Å². The predicted molar refractivity (Wildman–Crippen MR) is 69.9 cm³/mol. The van der Waals surface area contributed by atoms with Crippen LogP contribution in [0.4, 0.5) is 4.39 Å². The van der Waals surface area contributed by atoms with Gasteiger partial charge in [0.1, 0.15) is 11.5 Å². The molecule has 0 saturated heterocycles. The Morgan fingerprint density at radius 3 is 2.78 bits per heavy atom. The van der Waals surface area contributed by atoms with Crippen molar-refractivity contribution in [2.75, 3.05) is 0 Å². The second-order valence-corrected chi connectivity index (χ2v) is 4.44. The molecule has 0 bridgehead atoms. The summed E-state index contributed by atoms with van der Waals surface area (Å²) in [7, 11) is 0. The van der Waals surface area contributed by atoms with Gasteiger partial charge in [0.2, 0.25) is 0 Å². The van der Waals surface area contributed by atoms with E-state index in [4.69, 9.17) is 0 Å². The number of carbonyl (C=O) groups excluding carboxylic acids is 1. The molecule has 18 heavy (non-hydrogen) atoms. The van der Waals surface area contributed by atoms with Gasteiger partial charge < -0.3 is 0 Å². The number of rotatable bonds is 3. The van der Waals surface area contributed by atoms with Crippen molar-refractivity contribution >= 4 is 22.9 Å². The molecule has 1 aromatic carbocycles. The molecule has 0 amide bonds. The number of hydrogen-bond acceptors (Lipinski definition) is 2. The zero-order chi connectivity index (χ0) is 13.3. The summed E-state index contributed by atoms with van der Waals surface area (Å²) >= 11 is 0. The first-order valence-electron chi connectivity index (χ1n) is 5.89. The summed E-state index contributed by atoms with van der Waals surface area (Å²) in [4.78, 5) is 11.8. The number of carbonyl (C=O) groups is 1. The van der Waals surface area contributed by atoms with Crippen molar-refractivity contribution in [1.82, 2.24) is 9.78 Å². The van der Waals surface area contributed by atoms with E-state index in [2.05, 4.69) is 5.10 Å². The molecular formula is C14H15FN2O. The molecule has 0 unspecified atom stereocenters. The molecule has 0 aliphatic carbocycles. The second kappa shape index (κ2) is 4.72. The highest BCUT2D eigenvalue weighted by molar-refractivity contribution is 6.06. The summed E-state index contributed by atoms with van der Waals surface area (Å²) in [6.45, 7) is 5.66. The molecular weight excluding hydrogens is 231 g/mol. The van der Waals surface area contributed by atoms with Gasteiger partial charge in [0, 0.05) is 18.0 Å². The number of aromatic nitrogens is 2. The van der Waals surface area contributed by atoms with Gasteiger partial charge in [-0.25, -0.2) is 9.07 Å². The van der Waals surface area contributed by atoms with Crippen LogP contribution < -0.4 is 0 Å². The van der Waals surface area contributed by atoms with Gasteiger partial charge in [0.25, 0.3) is 0 Å². The first-order chi connectivity index (χ1) is 8.52. The monoisotopic (exact) mass is 246 g/mol. The van der Waals surface area contributed by atoms with Gasteiger partial charge in [-0.3, -0.25) is 4.79 Å². The maximum absolute atomic E-state index is 13.3. The Kier molecular flexibility index (Phi) is 3.28. The minimum atomic E-state index is -0.357. The van der Waals surface area contributed by atoms with Crippen LogP contribution in [0.25, 0.3) is 17.1 Å². The van der Waals surface area contributed by atoms with Crippen LogP contribution in [0, 0.1) is 5.82 Å². The van der Waals surface area contributed by atoms with Crippen LogP contribution in [0.1, 0.15) is 37.7 Å². The number of Topliss-reactive ketones (excluding diaryl/α,β-unsaturated/α-hetero) is 1. The summed E-state index contributed by atoms with van der Waals surface area (Å²) in [5.41, 5.74) is 2.14. The molecule has 0 N–H and O–H groups in total. The maximum Gasteiger partial charge on any atom is 0.183 e. The van der Waals surface area contributed by atoms with E-state index < -0.39 is 0 Å². The summed E-state index contributed by atoms with van der Waals surface area (Å²) in [6.07, 6.45) is 2.18. The molecule has 94 valence electrons. The van der Waals surface area contributed by atoms with E-state index in [9.17, 15) is 9.18 Å². The van der Waals surface area contributed by atoms with Gasteiger partial charge in [-0.05, 0) is 32.0 Å². The number of benzene rings is 1. The Morgan fingerprint density at radius 1 is 1.44 bits per heavy atom. The highest BCUT2D eigenvalue weighted by Gasteiger charge is 2.15. The van der Waals surface area contributed by atoms with Crippen molar-refractivity contribution in [3.05, 3.63) is 35.3 Å². The molecule has 1 aromatic heterocycles. The number of nitrogens with zero attached hydrogens (tertiary/aromatic N) is 2. The van der Waals surface area contributed by atoms with E-state index in [1.807, 2.05) is 20.0 Å². The van der Waals surface area contributed by atoms with Gasteiger partial charge in [-0.1, -0.05) is 12.5 Å². The van der Waals surface area contributed by atoms with E-state index in [0.717, 1.165) is 11.1 Å². The van der Waals surface area contributed by atoms with Gasteiger partial charge in [-0.2, -0.15) is 5.10 Å². The van der Waals surface area contributed by atoms with E-state index in [1.165, 1.54) is 12.1 Å². The summed E-state index contributed by atoms with van der Waals surface area (Å²) in [5, 5.41) is 4.83. The van der Waals surface area contributed by atoms with Crippen molar-refractivity contribution in [3.63, 3.8) is 0 Å². The molecule has 0 aliphatic heterocycles. The Balaban J connectivity index is 2.75. The van der Waals surface area contributed by atoms with E-state index in [-0.39, 0.29) is 11.6 Å². The van der Waals surface area contributed by atoms with Crippen LogP contribution in [0.15, 0.2) is 23.8 Å². The third-order valence-corrected chi connectivity index (χ3v) is 2.63. The van der Waals surface area contributed by atoms with Crippen LogP contribution in [0.3, 0.4) is 0 Å². The fraction of sp³-hybridized carbons (Fsp3) is 0.286. The van der Waals surface area contributed by atoms with E-state index >= 15 is 0 Å². The highest BCUT2D eigenvalue weighted by Crippen LogP contribution is 2.21.